The highest BCUT2D eigenvalue weighted by Gasteiger charge is 2.45. The number of hydrogen-bond donors (Lipinski definition) is 0. The lowest BCUT2D eigenvalue weighted by molar-refractivity contribution is 0.00980. The quantitative estimate of drug-likeness (QED) is 0.553. The second kappa shape index (κ2) is 7.75. The zero-order valence-corrected chi connectivity index (χ0v) is 17.7. The Labute approximate surface area is 170 Å². The maximum atomic E-state index is 9.11. The van der Waals surface area contributed by atoms with Crippen LogP contribution < -0.4 is 0 Å². The highest BCUT2D eigenvalue weighted by molar-refractivity contribution is 5.39. The first-order chi connectivity index (χ1) is 13.5. The van der Waals surface area contributed by atoms with E-state index >= 15 is 0 Å². The normalized spacial score (nSPS) is 26.8. The molecule has 0 saturated heterocycles. The van der Waals surface area contributed by atoms with Gasteiger partial charge in [0.1, 0.15) is 0 Å². The first-order valence-electron chi connectivity index (χ1n) is 11.1. The fourth-order valence-electron chi connectivity index (χ4n) is 5.75. The molecule has 0 unspecified atom stereocenters. The van der Waals surface area contributed by atoms with Crippen LogP contribution >= 0.6 is 0 Å². The first-order valence-corrected chi connectivity index (χ1v) is 11.1. The number of nitriles is 1. The van der Waals surface area contributed by atoms with Gasteiger partial charge in [0.05, 0.1) is 11.6 Å². The van der Waals surface area contributed by atoms with Crippen molar-refractivity contribution >= 4 is 0 Å². The molecule has 0 amide bonds. The fraction of sp³-hybridized carbons (Fsp3) is 0.519. The van der Waals surface area contributed by atoms with Gasteiger partial charge >= 0.3 is 0 Å². The zero-order chi connectivity index (χ0) is 19.7. The van der Waals surface area contributed by atoms with E-state index in [0.29, 0.717) is 11.3 Å². The molecule has 0 N–H and O–H groups in total. The topological polar surface area (TPSA) is 23.8 Å². The lowest BCUT2D eigenvalue weighted by Gasteiger charge is -2.52. The number of benzene rings is 2. The monoisotopic (exact) mass is 371 g/mol. The van der Waals surface area contributed by atoms with Crippen LogP contribution in [0.4, 0.5) is 0 Å². The number of hydrogen-bond acceptors (Lipinski definition) is 1. The van der Waals surface area contributed by atoms with Crippen LogP contribution in [0.25, 0.3) is 0 Å². The van der Waals surface area contributed by atoms with E-state index in [-0.39, 0.29) is 0 Å². The molecule has 0 aliphatic heterocycles. The summed E-state index contributed by atoms with van der Waals surface area (Å²) in [5.41, 5.74) is 7.00. The molecule has 146 valence electrons. The lowest BCUT2D eigenvalue weighted by atomic mass is 9.53. The molecule has 2 aliphatic rings. The van der Waals surface area contributed by atoms with E-state index in [0.717, 1.165) is 23.0 Å². The third-order valence-corrected chi connectivity index (χ3v) is 7.50. The molecule has 1 spiro atoms. The van der Waals surface area contributed by atoms with Gasteiger partial charge in [-0.3, -0.25) is 0 Å². The van der Waals surface area contributed by atoms with E-state index in [9.17, 15) is 0 Å². The SMILES string of the molecule is Cc1cc(CC2CC3(CCC(c4ccc(C(C)C)cc4)CC3)C2)ccc1C#N. The van der Waals surface area contributed by atoms with Crippen LogP contribution in [0.15, 0.2) is 42.5 Å². The second-order valence-electron chi connectivity index (χ2n) is 9.84. The van der Waals surface area contributed by atoms with Crippen molar-refractivity contribution in [1.82, 2.24) is 0 Å². The summed E-state index contributed by atoms with van der Waals surface area (Å²) in [5.74, 6) is 2.23. The van der Waals surface area contributed by atoms with E-state index in [1.165, 1.54) is 56.1 Å². The Morgan fingerprint density at radius 3 is 2.29 bits per heavy atom. The van der Waals surface area contributed by atoms with Gasteiger partial charge in [0.25, 0.3) is 0 Å². The largest absolute Gasteiger partial charge is 0.192 e. The summed E-state index contributed by atoms with van der Waals surface area (Å²) in [5, 5.41) is 9.11. The molecule has 0 heterocycles. The number of aryl methyl sites for hydroxylation is 1. The van der Waals surface area contributed by atoms with Crippen molar-refractivity contribution in [3.63, 3.8) is 0 Å². The van der Waals surface area contributed by atoms with Crippen LogP contribution in [0.1, 0.15) is 92.0 Å². The summed E-state index contributed by atoms with van der Waals surface area (Å²) in [6.45, 7) is 6.59. The van der Waals surface area contributed by atoms with Gasteiger partial charge in [-0.2, -0.15) is 5.26 Å². The summed E-state index contributed by atoms with van der Waals surface area (Å²) in [6, 6.07) is 18.1. The van der Waals surface area contributed by atoms with Crippen LogP contribution in [0, 0.1) is 29.6 Å². The standard InChI is InChI=1S/C27H33N/c1-19(2)23-6-8-24(9-7-23)25-10-12-27(13-11-25)16-22(17-27)15-21-4-5-26(18-28)20(3)14-21/h4-9,14,19,22,25H,10-13,15-17H2,1-3H3. The molecule has 2 aliphatic carbocycles. The van der Waals surface area contributed by atoms with E-state index in [1.54, 1.807) is 5.56 Å². The van der Waals surface area contributed by atoms with E-state index in [1.807, 2.05) is 6.07 Å². The van der Waals surface area contributed by atoms with Crippen molar-refractivity contribution in [3.05, 3.63) is 70.3 Å². The maximum absolute atomic E-state index is 9.11. The Morgan fingerprint density at radius 2 is 1.71 bits per heavy atom. The van der Waals surface area contributed by atoms with E-state index in [2.05, 4.69) is 63.2 Å². The van der Waals surface area contributed by atoms with Gasteiger partial charge in [0.15, 0.2) is 0 Å². The molecular weight excluding hydrogens is 338 g/mol. The van der Waals surface area contributed by atoms with Crippen molar-refractivity contribution in [2.24, 2.45) is 11.3 Å². The summed E-state index contributed by atoms with van der Waals surface area (Å²) in [4.78, 5) is 0. The Bertz CT molecular complexity index is 852. The molecule has 0 bridgehead atoms. The molecule has 2 aromatic carbocycles. The van der Waals surface area contributed by atoms with Crippen molar-refractivity contribution in [2.45, 2.75) is 77.6 Å². The Balaban J connectivity index is 1.29. The minimum absolute atomic E-state index is 0.621. The molecule has 1 nitrogen and oxygen atoms in total. The molecule has 4 rings (SSSR count). The van der Waals surface area contributed by atoms with Crippen LogP contribution in [0.2, 0.25) is 0 Å². The molecule has 0 radical (unpaired) electrons. The summed E-state index contributed by atoms with van der Waals surface area (Å²) in [6.07, 6.45) is 9.55. The number of nitrogens with zero attached hydrogens (tertiary/aromatic N) is 1. The van der Waals surface area contributed by atoms with Crippen molar-refractivity contribution in [2.75, 3.05) is 0 Å². The Morgan fingerprint density at radius 1 is 1.04 bits per heavy atom. The van der Waals surface area contributed by atoms with Gasteiger partial charge in [0, 0.05) is 0 Å². The highest BCUT2D eigenvalue weighted by atomic mass is 14.5. The first kappa shape index (κ1) is 19.3. The molecule has 1 heteroatoms. The molecule has 2 aromatic rings. The Hall–Kier alpha value is -2.07. The second-order valence-corrected chi connectivity index (χ2v) is 9.84. The molecule has 28 heavy (non-hydrogen) atoms. The minimum Gasteiger partial charge on any atom is -0.192 e. The maximum Gasteiger partial charge on any atom is 0.0994 e. The highest BCUT2D eigenvalue weighted by Crippen LogP contribution is 2.57. The van der Waals surface area contributed by atoms with E-state index in [4.69, 9.17) is 5.26 Å². The van der Waals surface area contributed by atoms with Gasteiger partial charge in [-0.25, -0.2) is 0 Å². The lowest BCUT2D eigenvalue weighted by Crippen LogP contribution is -2.40. The zero-order valence-electron chi connectivity index (χ0n) is 17.7. The van der Waals surface area contributed by atoms with Crippen molar-refractivity contribution < 1.29 is 0 Å². The van der Waals surface area contributed by atoms with Crippen LogP contribution in [-0.4, -0.2) is 0 Å². The molecule has 0 atom stereocenters. The van der Waals surface area contributed by atoms with Gasteiger partial charge < -0.3 is 0 Å². The molecule has 2 saturated carbocycles. The Kier molecular flexibility index (Phi) is 5.33. The van der Waals surface area contributed by atoms with Crippen LogP contribution in [0.3, 0.4) is 0 Å². The van der Waals surface area contributed by atoms with E-state index < -0.39 is 0 Å². The van der Waals surface area contributed by atoms with Crippen molar-refractivity contribution in [3.8, 4) is 6.07 Å². The van der Waals surface area contributed by atoms with Gasteiger partial charge in [-0.15, -0.1) is 0 Å². The third-order valence-electron chi connectivity index (χ3n) is 7.50. The van der Waals surface area contributed by atoms with Gasteiger partial charge in [-0.1, -0.05) is 50.2 Å². The summed E-state index contributed by atoms with van der Waals surface area (Å²) in [7, 11) is 0. The predicted octanol–water partition coefficient (Wildman–Crippen LogP) is 7.29. The van der Waals surface area contributed by atoms with Crippen molar-refractivity contribution in [1.29, 1.82) is 5.26 Å². The minimum atomic E-state index is 0.621. The average Bonchev–Trinajstić information content (AvgIpc) is 2.67. The van der Waals surface area contributed by atoms with Gasteiger partial charge in [-0.05, 0) is 103 Å². The number of rotatable bonds is 4. The van der Waals surface area contributed by atoms with Crippen LogP contribution in [0.5, 0.6) is 0 Å². The molecular formula is C27H33N. The molecule has 2 fully saturated rings. The molecule has 0 aromatic heterocycles. The smallest absolute Gasteiger partial charge is 0.0994 e. The predicted molar refractivity (Wildman–Crippen MR) is 116 cm³/mol. The average molecular weight is 372 g/mol. The van der Waals surface area contributed by atoms with Crippen LogP contribution in [-0.2, 0) is 6.42 Å². The summed E-state index contributed by atoms with van der Waals surface area (Å²) >= 11 is 0. The third kappa shape index (κ3) is 3.88. The fourth-order valence-corrected chi connectivity index (χ4v) is 5.75. The van der Waals surface area contributed by atoms with Gasteiger partial charge in [0.2, 0.25) is 0 Å². The summed E-state index contributed by atoms with van der Waals surface area (Å²) < 4.78 is 0.